The second kappa shape index (κ2) is 11.6. The molecule has 0 radical (unpaired) electrons. The number of methoxy groups -OCH3 is 3. The van der Waals surface area contributed by atoms with Crippen molar-refractivity contribution in [1.29, 1.82) is 0 Å². The Balaban J connectivity index is 2.26. The van der Waals surface area contributed by atoms with Crippen molar-refractivity contribution in [2.75, 3.05) is 21.3 Å². The van der Waals surface area contributed by atoms with Gasteiger partial charge in [0.1, 0.15) is 0 Å². The van der Waals surface area contributed by atoms with E-state index in [-0.39, 0.29) is 35.4 Å². The van der Waals surface area contributed by atoms with Gasteiger partial charge in [0.2, 0.25) is 0 Å². The summed E-state index contributed by atoms with van der Waals surface area (Å²) in [6.07, 6.45) is 0.652. The van der Waals surface area contributed by atoms with E-state index in [1.807, 2.05) is 0 Å². The summed E-state index contributed by atoms with van der Waals surface area (Å²) in [7, 11) is 3.50. The number of carbonyl (C=O) groups is 4. The van der Waals surface area contributed by atoms with Crippen molar-refractivity contribution in [2.45, 2.75) is 25.7 Å². The summed E-state index contributed by atoms with van der Waals surface area (Å²) in [5, 5.41) is 11.0. The predicted molar refractivity (Wildman–Crippen MR) is 135 cm³/mol. The van der Waals surface area contributed by atoms with Gasteiger partial charge in [-0.1, -0.05) is 35.9 Å². The Hall–Kier alpha value is -4.60. The minimum atomic E-state index is -1.88. The molecule has 38 heavy (non-hydrogen) atoms. The molecule has 1 unspecified atom stereocenters. The molecule has 1 atom stereocenters. The quantitative estimate of drug-likeness (QED) is 0.0955. The average Bonchev–Trinajstić information content (AvgIpc) is 2.93. The fourth-order valence-electron chi connectivity index (χ4n) is 4.94. The SMILES string of the molecule is COC(=O)/C=C1\CC(C(=O)OC)(C(=O)OC)C(c2ccccc2)C(C)=C1CC(=O)c1ccc([N+](=O)[O-])cc1. The molecule has 0 heterocycles. The monoisotopic (exact) mass is 521 g/mol. The van der Waals surface area contributed by atoms with Crippen LogP contribution in [0.5, 0.6) is 0 Å². The second-order valence-corrected chi connectivity index (χ2v) is 8.73. The standard InChI is InChI=1S/C28H27NO9/c1-17-22(15-23(30)18-10-12-21(13-11-18)29(34)35)20(14-24(31)36-2)16-28(26(32)37-3,27(33)38-4)25(17)19-8-6-5-7-9-19/h5-14,25H,15-16H2,1-4H3/b20-14+. The van der Waals surface area contributed by atoms with Crippen LogP contribution in [-0.2, 0) is 28.6 Å². The number of hydrogen-bond donors (Lipinski definition) is 0. The highest BCUT2D eigenvalue weighted by Crippen LogP contribution is 2.54. The van der Waals surface area contributed by atoms with Crippen molar-refractivity contribution in [1.82, 2.24) is 0 Å². The number of ketones is 1. The van der Waals surface area contributed by atoms with Gasteiger partial charge in [-0.05, 0) is 35.8 Å². The molecule has 0 bridgehead atoms. The van der Waals surface area contributed by atoms with Crippen LogP contribution in [0.15, 0.2) is 77.4 Å². The zero-order valence-corrected chi connectivity index (χ0v) is 21.4. The van der Waals surface area contributed by atoms with Gasteiger partial charge in [0.25, 0.3) is 5.69 Å². The van der Waals surface area contributed by atoms with Gasteiger partial charge in [0, 0.05) is 42.5 Å². The maximum atomic E-state index is 13.3. The minimum absolute atomic E-state index is 0.161. The third-order valence-corrected chi connectivity index (χ3v) is 6.72. The lowest BCUT2D eigenvalue weighted by atomic mass is 9.59. The van der Waals surface area contributed by atoms with Crippen LogP contribution in [0, 0.1) is 15.5 Å². The Morgan fingerprint density at radius 1 is 0.947 bits per heavy atom. The maximum Gasteiger partial charge on any atom is 0.330 e. The Morgan fingerprint density at radius 3 is 2.03 bits per heavy atom. The van der Waals surface area contributed by atoms with Crippen LogP contribution in [0.25, 0.3) is 0 Å². The molecule has 0 saturated heterocycles. The number of Topliss-reactive ketones (excluding diaryl/α,β-unsaturated/α-hetero) is 1. The number of nitrogens with zero attached hydrogens (tertiary/aromatic N) is 1. The highest BCUT2D eigenvalue weighted by molar-refractivity contribution is 6.04. The largest absolute Gasteiger partial charge is 0.468 e. The van der Waals surface area contributed by atoms with Crippen molar-refractivity contribution in [3.05, 3.63) is 98.6 Å². The van der Waals surface area contributed by atoms with E-state index in [2.05, 4.69) is 0 Å². The molecular formula is C28H27NO9. The van der Waals surface area contributed by atoms with E-state index in [9.17, 15) is 29.3 Å². The number of non-ortho nitro benzene ring substituents is 1. The Bertz CT molecular complexity index is 1310. The summed E-state index contributed by atoms with van der Waals surface area (Å²) in [6, 6.07) is 14.0. The lowest BCUT2D eigenvalue weighted by molar-refractivity contribution is -0.384. The van der Waals surface area contributed by atoms with Gasteiger partial charge in [0.15, 0.2) is 11.2 Å². The van der Waals surface area contributed by atoms with E-state index in [0.717, 1.165) is 20.3 Å². The van der Waals surface area contributed by atoms with Crippen LogP contribution in [0.2, 0.25) is 0 Å². The lowest BCUT2D eigenvalue weighted by Crippen LogP contribution is -2.49. The highest BCUT2D eigenvalue weighted by atomic mass is 16.6. The zero-order chi connectivity index (χ0) is 28.0. The summed E-state index contributed by atoms with van der Waals surface area (Å²) in [6.45, 7) is 1.68. The molecule has 2 aromatic rings. The van der Waals surface area contributed by atoms with E-state index in [1.165, 1.54) is 31.4 Å². The van der Waals surface area contributed by atoms with E-state index >= 15 is 0 Å². The number of allylic oxidation sites excluding steroid dienone is 3. The van der Waals surface area contributed by atoms with Crippen LogP contribution in [0.4, 0.5) is 5.69 Å². The third-order valence-electron chi connectivity index (χ3n) is 6.72. The molecule has 0 spiro atoms. The number of nitro groups is 1. The summed E-state index contributed by atoms with van der Waals surface area (Å²) in [4.78, 5) is 62.7. The molecule has 0 fully saturated rings. The van der Waals surface area contributed by atoms with Crippen LogP contribution < -0.4 is 0 Å². The van der Waals surface area contributed by atoms with Gasteiger partial charge >= 0.3 is 17.9 Å². The van der Waals surface area contributed by atoms with Gasteiger partial charge in [-0.3, -0.25) is 24.5 Å². The van der Waals surface area contributed by atoms with Crippen molar-refractivity contribution in [3.8, 4) is 0 Å². The number of ether oxygens (including phenoxy) is 3. The van der Waals surface area contributed by atoms with Gasteiger partial charge in [-0.25, -0.2) is 4.79 Å². The number of hydrogen-bond acceptors (Lipinski definition) is 9. The molecule has 0 saturated carbocycles. The fourth-order valence-corrected chi connectivity index (χ4v) is 4.94. The summed E-state index contributed by atoms with van der Waals surface area (Å²) >= 11 is 0. The second-order valence-electron chi connectivity index (χ2n) is 8.73. The first-order valence-electron chi connectivity index (χ1n) is 11.6. The van der Waals surface area contributed by atoms with Crippen LogP contribution in [-0.4, -0.2) is 49.9 Å². The Kier molecular flexibility index (Phi) is 8.57. The molecule has 0 amide bonds. The molecule has 1 aliphatic carbocycles. The predicted octanol–water partition coefficient (Wildman–Crippen LogP) is 4.10. The van der Waals surface area contributed by atoms with E-state index in [1.54, 1.807) is 37.3 Å². The van der Waals surface area contributed by atoms with E-state index < -0.39 is 34.2 Å². The molecule has 0 aliphatic heterocycles. The first-order chi connectivity index (χ1) is 18.1. The number of carbonyl (C=O) groups excluding carboxylic acids is 4. The first-order valence-corrected chi connectivity index (χ1v) is 11.6. The van der Waals surface area contributed by atoms with Crippen LogP contribution in [0.1, 0.15) is 41.6 Å². The molecule has 0 aromatic heterocycles. The average molecular weight is 522 g/mol. The molecule has 3 rings (SSSR count). The molecule has 198 valence electrons. The van der Waals surface area contributed by atoms with Gasteiger partial charge in [0.05, 0.1) is 26.3 Å². The number of benzene rings is 2. The molecule has 1 aliphatic rings. The highest BCUT2D eigenvalue weighted by Gasteiger charge is 2.58. The Labute approximate surface area is 219 Å². The van der Waals surface area contributed by atoms with E-state index in [0.29, 0.717) is 16.7 Å². The summed E-state index contributed by atoms with van der Waals surface area (Å²) in [5.41, 5.74) is -0.0341. The molecule has 2 aromatic carbocycles. The normalized spacial score (nSPS) is 17.5. The van der Waals surface area contributed by atoms with Crippen molar-refractivity contribution >= 4 is 29.4 Å². The smallest absolute Gasteiger partial charge is 0.330 e. The Morgan fingerprint density at radius 2 is 1.53 bits per heavy atom. The fraction of sp³-hybridized carbons (Fsp3) is 0.286. The van der Waals surface area contributed by atoms with Crippen molar-refractivity contribution in [2.24, 2.45) is 5.41 Å². The van der Waals surface area contributed by atoms with Gasteiger partial charge in [-0.15, -0.1) is 0 Å². The number of nitro benzene ring substituents is 1. The van der Waals surface area contributed by atoms with Crippen LogP contribution in [0.3, 0.4) is 0 Å². The molecule has 0 N–H and O–H groups in total. The zero-order valence-electron chi connectivity index (χ0n) is 21.4. The van der Waals surface area contributed by atoms with Gasteiger partial charge < -0.3 is 14.2 Å². The summed E-state index contributed by atoms with van der Waals surface area (Å²) < 4.78 is 15.0. The number of rotatable bonds is 8. The lowest BCUT2D eigenvalue weighted by Gasteiger charge is -2.42. The van der Waals surface area contributed by atoms with Crippen molar-refractivity contribution < 1.29 is 38.3 Å². The van der Waals surface area contributed by atoms with Crippen molar-refractivity contribution in [3.63, 3.8) is 0 Å². The van der Waals surface area contributed by atoms with Gasteiger partial charge in [-0.2, -0.15) is 0 Å². The van der Waals surface area contributed by atoms with Crippen LogP contribution >= 0.6 is 0 Å². The number of esters is 3. The minimum Gasteiger partial charge on any atom is -0.468 e. The molecular weight excluding hydrogens is 494 g/mol. The van der Waals surface area contributed by atoms with E-state index in [4.69, 9.17) is 14.2 Å². The third kappa shape index (κ3) is 5.24. The molecule has 10 heteroatoms. The molecule has 10 nitrogen and oxygen atoms in total. The maximum absolute atomic E-state index is 13.3. The topological polar surface area (TPSA) is 139 Å². The first kappa shape index (κ1) is 28.0. The summed E-state index contributed by atoms with van der Waals surface area (Å²) in [5.74, 6) is -3.70.